The summed E-state index contributed by atoms with van der Waals surface area (Å²) in [5.41, 5.74) is 6.83. The van der Waals surface area contributed by atoms with Gasteiger partial charge in [0.25, 0.3) is 0 Å². The zero-order chi connectivity index (χ0) is 13.8. The minimum Gasteiger partial charge on any atom is -0.378 e. The van der Waals surface area contributed by atoms with Crippen LogP contribution in [0, 0.1) is 11.7 Å². The second-order valence-corrected chi connectivity index (χ2v) is 6.27. The van der Waals surface area contributed by atoms with Gasteiger partial charge in [-0.25, -0.2) is 4.39 Å². The van der Waals surface area contributed by atoms with Crippen LogP contribution in [-0.4, -0.2) is 18.8 Å². The summed E-state index contributed by atoms with van der Waals surface area (Å²) in [6.45, 7) is 2.81. The van der Waals surface area contributed by atoms with Crippen LogP contribution in [0.25, 0.3) is 0 Å². The zero-order valence-corrected chi connectivity index (χ0v) is 12.8. The molecule has 0 spiro atoms. The van der Waals surface area contributed by atoms with Crippen LogP contribution in [0.3, 0.4) is 0 Å². The maximum atomic E-state index is 13.7. The predicted octanol–water partition coefficient (Wildman–Crippen LogP) is 3.66. The number of benzene rings is 1. The number of rotatable bonds is 6. The SMILES string of the molecule is CCOC1CC(CC(N)Cc2ccc(Br)cc2F)C1. The smallest absolute Gasteiger partial charge is 0.127 e. The van der Waals surface area contributed by atoms with Crippen LogP contribution < -0.4 is 5.73 Å². The Morgan fingerprint density at radius 1 is 1.47 bits per heavy atom. The van der Waals surface area contributed by atoms with E-state index in [1.807, 2.05) is 19.1 Å². The highest BCUT2D eigenvalue weighted by molar-refractivity contribution is 9.10. The topological polar surface area (TPSA) is 35.2 Å². The van der Waals surface area contributed by atoms with E-state index in [2.05, 4.69) is 15.9 Å². The fourth-order valence-corrected chi connectivity index (χ4v) is 3.05. The fourth-order valence-electron chi connectivity index (χ4n) is 2.72. The molecule has 2 nitrogen and oxygen atoms in total. The van der Waals surface area contributed by atoms with Crippen molar-refractivity contribution in [2.45, 2.75) is 44.8 Å². The van der Waals surface area contributed by atoms with Crippen molar-refractivity contribution >= 4 is 15.9 Å². The summed E-state index contributed by atoms with van der Waals surface area (Å²) in [6.07, 6.45) is 4.19. The molecule has 0 aliphatic heterocycles. The first kappa shape index (κ1) is 14.9. The summed E-state index contributed by atoms with van der Waals surface area (Å²) in [7, 11) is 0. The number of halogens is 2. The van der Waals surface area contributed by atoms with Crippen molar-refractivity contribution in [1.82, 2.24) is 0 Å². The van der Waals surface area contributed by atoms with Gasteiger partial charge in [0.2, 0.25) is 0 Å². The summed E-state index contributed by atoms with van der Waals surface area (Å²) in [6, 6.07) is 5.20. The van der Waals surface area contributed by atoms with Gasteiger partial charge in [-0.3, -0.25) is 0 Å². The number of hydrogen-bond acceptors (Lipinski definition) is 2. The van der Waals surface area contributed by atoms with Crippen molar-refractivity contribution in [2.24, 2.45) is 11.7 Å². The van der Waals surface area contributed by atoms with Crippen molar-refractivity contribution in [3.63, 3.8) is 0 Å². The molecule has 0 bridgehead atoms. The molecule has 1 aliphatic carbocycles. The molecule has 2 rings (SSSR count). The number of hydrogen-bond donors (Lipinski definition) is 1. The van der Waals surface area contributed by atoms with Crippen LogP contribution >= 0.6 is 15.9 Å². The zero-order valence-electron chi connectivity index (χ0n) is 11.2. The van der Waals surface area contributed by atoms with Gasteiger partial charge in [0.1, 0.15) is 5.82 Å². The van der Waals surface area contributed by atoms with Crippen LogP contribution in [0.5, 0.6) is 0 Å². The van der Waals surface area contributed by atoms with Gasteiger partial charge in [-0.2, -0.15) is 0 Å². The van der Waals surface area contributed by atoms with Crippen molar-refractivity contribution < 1.29 is 9.13 Å². The van der Waals surface area contributed by atoms with E-state index in [1.54, 1.807) is 0 Å². The Morgan fingerprint density at radius 3 is 2.84 bits per heavy atom. The maximum Gasteiger partial charge on any atom is 0.127 e. The molecule has 106 valence electrons. The Morgan fingerprint density at radius 2 is 2.21 bits per heavy atom. The Balaban J connectivity index is 1.77. The third-order valence-corrected chi connectivity index (χ3v) is 4.22. The minimum atomic E-state index is -0.175. The van der Waals surface area contributed by atoms with Crippen LogP contribution in [0.1, 0.15) is 31.7 Å². The lowest BCUT2D eigenvalue weighted by Crippen LogP contribution is -2.36. The average molecular weight is 330 g/mol. The molecule has 1 fully saturated rings. The number of ether oxygens (including phenoxy) is 1. The van der Waals surface area contributed by atoms with Crippen LogP contribution in [0.4, 0.5) is 4.39 Å². The van der Waals surface area contributed by atoms with Crippen LogP contribution in [-0.2, 0) is 11.2 Å². The van der Waals surface area contributed by atoms with E-state index in [1.165, 1.54) is 6.07 Å². The van der Waals surface area contributed by atoms with Gasteiger partial charge in [-0.1, -0.05) is 22.0 Å². The highest BCUT2D eigenvalue weighted by Gasteiger charge is 2.30. The lowest BCUT2D eigenvalue weighted by atomic mass is 9.77. The lowest BCUT2D eigenvalue weighted by molar-refractivity contribution is -0.0281. The Bertz CT molecular complexity index is 421. The molecule has 0 amide bonds. The number of nitrogens with two attached hydrogens (primary N) is 1. The second-order valence-electron chi connectivity index (χ2n) is 5.35. The van der Waals surface area contributed by atoms with Gasteiger partial charge < -0.3 is 10.5 Å². The standard InChI is InChI=1S/C15H21BrFNO/c1-2-19-14-6-10(7-14)5-13(18)8-11-3-4-12(16)9-15(11)17/h3-4,9-10,13-14H,2,5-8,18H2,1H3. The first-order valence-electron chi connectivity index (χ1n) is 6.89. The monoisotopic (exact) mass is 329 g/mol. The molecule has 1 atom stereocenters. The quantitative estimate of drug-likeness (QED) is 0.864. The van der Waals surface area contributed by atoms with Gasteiger partial charge in [0.15, 0.2) is 0 Å². The molecular weight excluding hydrogens is 309 g/mol. The van der Waals surface area contributed by atoms with Gasteiger partial charge in [-0.05, 0) is 56.2 Å². The summed E-state index contributed by atoms with van der Waals surface area (Å²) in [5.74, 6) is 0.468. The minimum absolute atomic E-state index is 0.0308. The molecule has 0 saturated heterocycles. The Hall–Kier alpha value is -0.450. The van der Waals surface area contributed by atoms with E-state index < -0.39 is 0 Å². The first-order valence-corrected chi connectivity index (χ1v) is 7.69. The van der Waals surface area contributed by atoms with E-state index in [0.29, 0.717) is 24.0 Å². The van der Waals surface area contributed by atoms with Crippen molar-refractivity contribution in [3.05, 3.63) is 34.1 Å². The summed E-state index contributed by atoms with van der Waals surface area (Å²) in [5, 5.41) is 0. The molecule has 1 unspecified atom stereocenters. The Kier molecular flexibility index (Phi) is 5.37. The van der Waals surface area contributed by atoms with E-state index in [9.17, 15) is 4.39 Å². The predicted molar refractivity (Wildman–Crippen MR) is 78.5 cm³/mol. The third-order valence-electron chi connectivity index (χ3n) is 3.73. The van der Waals surface area contributed by atoms with E-state index in [-0.39, 0.29) is 11.9 Å². The molecule has 1 saturated carbocycles. The summed E-state index contributed by atoms with van der Waals surface area (Å²) in [4.78, 5) is 0. The van der Waals surface area contributed by atoms with Crippen molar-refractivity contribution in [1.29, 1.82) is 0 Å². The molecule has 19 heavy (non-hydrogen) atoms. The van der Waals surface area contributed by atoms with E-state index in [0.717, 1.165) is 30.3 Å². The van der Waals surface area contributed by atoms with Gasteiger partial charge in [0, 0.05) is 17.1 Å². The van der Waals surface area contributed by atoms with Gasteiger partial charge in [-0.15, -0.1) is 0 Å². The highest BCUT2D eigenvalue weighted by atomic mass is 79.9. The van der Waals surface area contributed by atoms with E-state index >= 15 is 0 Å². The molecule has 1 aromatic carbocycles. The van der Waals surface area contributed by atoms with Crippen molar-refractivity contribution in [2.75, 3.05) is 6.61 Å². The van der Waals surface area contributed by atoms with Crippen LogP contribution in [0.15, 0.2) is 22.7 Å². The molecule has 0 radical (unpaired) electrons. The molecule has 1 aliphatic rings. The van der Waals surface area contributed by atoms with Gasteiger partial charge in [0.05, 0.1) is 6.10 Å². The molecule has 0 aromatic heterocycles. The molecule has 4 heteroatoms. The summed E-state index contributed by atoms with van der Waals surface area (Å²) < 4.78 is 20.0. The second kappa shape index (κ2) is 6.82. The van der Waals surface area contributed by atoms with Crippen molar-refractivity contribution in [3.8, 4) is 0 Å². The molecule has 0 heterocycles. The van der Waals surface area contributed by atoms with Gasteiger partial charge >= 0.3 is 0 Å². The largest absolute Gasteiger partial charge is 0.378 e. The summed E-state index contributed by atoms with van der Waals surface area (Å²) >= 11 is 3.26. The first-order chi connectivity index (χ1) is 9.08. The molecule has 2 N–H and O–H groups in total. The third kappa shape index (κ3) is 4.26. The fraction of sp³-hybridized carbons (Fsp3) is 0.600. The average Bonchev–Trinajstić information content (AvgIpc) is 2.30. The molecule has 1 aromatic rings. The van der Waals surface area contributed by atoms with Crippen LogP contribution in [0.2, 0.25) is 0 Å². The molecular formula is C15H21BrFNO. The van der Waals surface area contributed by atoms with E-state index in [4.69, 9.17) is 10.5 Å². The normalized spacial score (nSPS) is 24.0. The Labute approximate surface area is 122 Å². The lowest BCUT2D eigenvalue weighted by Gasteiger charge is -2.36. The highest BCUT2D eigenvalue weighted by Crippen LogP contribution is 2.33. The maximum absolute atomic E-state index is 13.7.